The van der Waals surface area contributed by atoms with Crippen molar-refractivity contribution < 1.29 is 13.9 Å². The van der Waals surface area contributed by atoms with Gasteiger partial charge in [-0.3, -0.25) is 0 Å². The molecule has 1 aromatic carbocycles. The molecule has 0 radical (unpaired) electrons. The summed E-state index contributed by atoms with van der Waals surface area (Å²) in [6.07, 6.45) is 0. The first-order valence-corrected chi connectivity index (χ1v) is 3.93. The third kappa shape index (κ3) is 4.06. The van der Waals surface area contributed by atoms with Crippen molar-refractivity contribution in [3.63, 3.8) is 0 Å². The Balaban J connectivity index is 0. The molecular formula is C7H7MgO3S-. The summed E-state index contributed by atoms with van der Waals surface area (Å²) in [7, 11) is -2.09. The molecule has 0 bridgehead atoms. The van der Waals surface area contributed by atoms with Crippen LogP contribution in [0.15, 0.2) is 29.2 Å². The molecular weight excluding hydrogens is 188 g/mol. The Bertz CT molecular complexity index is 284. The molecule has 0 aromatic heterocycles. The molecule has 0 aliphatic rings. The predicted molar refractivity (Wildman–Crippen MR) is 44.6 cm³/mol. The molecule has 0 amide bonds. The summed E-state index contributed by atoms with van der Waals surface area (Å²) in [4.78, 5) is 0.339. The molecule has 0 unspecified atom stereocenters. The van der Waals surface area contributed by atoms with Crippen molar-refractivity contribution in [3.8, 4) is 0 Å². The summed E-state index contributed by atoms with van der Waals surface area (Å²) >= 11 is 0. The van der Waals surface area contributed by atoms with Crippen LogP contribution in [-0.2, 0) is 24.6 Å². The summed E-state index contributed by atoms with van der Waals surface area (Å²) in [6.45, 7) is 1.91. The van der Waals surface area contributed by atoms with E-state index in [1.807, 2.05) is 6.92 Å². The first-order chi connectivity index (χ1) is 4.70. The second kappa shape index (κ2) is 6.42. The van der Waals surface area contributed by atoms with Gasteiger partial charge < -0.3 is 13.9 Å². The van der Waals surface area contributed by atoms with Crippen LogP contribution < -0.4 is 0 Å². The van der Waals surface area contributed by atoms with Gasteiger partial charge in [-0.25, -0.2) is 0 Å². The van der Waals surface area contributed by atoms with Crippen LogP contribution in [0.25, 0.3) is 0 Å². The molecule has 0 saturated heterocycles. The van der Waals surface area contributed by atoms with E-state index in [0.717, 1.165) is 5.56 Å². The van der Waals surface area contributed by atoms with Crippen molar-refractivity contribution in [1.29, 1.82) is 0 Å². The minimum absolute atomic E-state index is 0. The monoisotopic (exact) mass is 195 g/mol. The third-order valence-corrected chi connectivity index (χ3v) is 1.87. The SMILES string of the molecule is Cc1ccc([S-](=O)=O)cc1.[Mg+2].[O-2]. The Labute approximate surface area is 89.2 Å². The van der Waals surface area contributed by atoms with Crippen molar-refractivity contribution in [2.75, 3.05) is 0 Å². The predicted octanol–water partition coefficient (Wildman–Crippen LogP) is 1.16. The number of rotatable bonds is 1. The van der Waals surface area contributed by atoms with E-state index < -0.39 is 10.7 Å². The number of benzene rings is 1. The maximum absolute atomic E-state index is 10.3. The van der Waals surface area contributed by atoms with Crippen LogP contribution in [0.1, 0.15) is 5.56 Å². The Morgan fingerprint density at radius 1 is 1.08 bits per heavy atom. The Morgan fingerprint density at radius 3 is 1.83 bits per heavy atom. The first-order valence-electron chi connectivity index (χ1n) is 2.86. The molecule has 0 heterocycles. The van der Waals surface area contributed by atoms with E-state index in [4.69, 9.17) is 0 Å². The average molecular weight is 196 g/mol. The van der Waals surface area contributed by atoms with E-state index in [0.29, 0.717) is 4.90 Å². The van der Waals surface area contributed by atoms with Crippen molar-refractivity contribution in [2.24, 2.45) is 0 Å². The van der Waals surface area contributed by atoms with E-state index >= 15 is 0 Å². The summed E-state index contributed by atoms with van der Waals surface area (Å²) in [5, 5.41) is 0. The van der Waals surface area contributed by atoms with Gasteiger partial charge in [0.2, 0.25) is 0 Å². The zero-order chi connectivity index (χ0) is 7.56. The normalized spacial score (nSPS) is 8.50. The second-order valence-electron chi connectivity index (χ2n) is 2.05. The molecule has 1 aromatic rings. The van der Waals surface area contributed by atoms with Crippen molar-refractivity contribution in [3.05, 3.63) is 29.8 Å². The smallest absolute Gasteiger partial charge is 2.00 e. The number of hydrogen-bond acceptors (Lipinski definition) is 3. The van der Waals surface area contributed by atoms with E-state index in [-0.39, 0.29) is 28.5 Å². The van der Waals surface area contributed by atoms with Gasteiger partial charge in [-0.1, -0.05) is 34.7 Å². The Hall–Kier alpha value is -0.104. The van der Waals surface area contributed by atoms with Gasteiger partial charge >= 0.3 is 23.1 Å². The average Bonchev–Trinajstić information content (AvgIpc) is 1.88. The quantitative estimate of drug-likeness (QED) is 0.499. The fourth-order valence-electron chi connectivity index (χ4n) is 0.649. The second-order valence-corrected chi connectivity index (χ2v) is 2.99. The molecule has 5 heteroatoms. The topological polar surface area (TPSA) is 62.6 Å². The van der Waals surface area contributed by atoms with Crippen molar-refractivity contribution in [2.45, 2.75) is 11.8 Å². The molecule has 62 valence electrons. The van der Waals surface area contributed by atoms with Crippen LogP contribution >= 0.6 is 0 Å². The van der Waals surface area contributed by atoms with Gasteiger partial charge in [-0.2, -0.15) is 0 Å². The first kappa shape index (κ1) is 14.4. The van der Waals surface area contributed by atoms with E-state index in [1.54, 1.807) is 24.3 Å². The molecule has 0 aliphatic heterocycles. The summed E-state index contributed by atoms with van der Waals surface area (Å²) in [6, 6.07) is 6.70. The molecule has 0 spiro atoms. The van der Waals surface area contributed by atoms with Crippen molar-refractivity contribution in [1.82, 2.24) is 0 Å². The zero-order valence-electron chi connectivity index (χ0n) is 6.65. The van der Waals surface area contributed by atoms with E-state index in [2.05, 4.69) is 0 Å². The molecule has 0 fully saturated rings. The molecule has 12 heavy (non-hydrogen) atoms. The molecule has 0 atom stereocenters. The van der Waals surface area contributed by atoms with Crippen LogP contribution in [0.2, 0.25) is 0 Å². The van der Waals surface area contributed by atoms with E-state index in [1.165, 1.54) is 0 Å². The molecule has 0 N–H and O–H groups in total. The van der Waals surface area contributed by atoms with Crippen LogP contribution in [0.5, 0.6) is 0 Å². The van der Waals surface area contributed by atoms with Gasteiger partial charge in [0.05, 0.1) is 0 Å². The van der Waals surface area contributed by atoms with Gasteiger partial charge in [0.1, 0.15) is 0 Å². The minimum atomic E-state index is -2.09. The van der Waals surface area contributed by atoms with Gasteiger partial charge in [0.15, 0.2) is 0 Å². The molecule has 3 nitrogen and oxygen atoms in total. The summed E-state index contributed by atoms with van der Waals surface area (Å²) < 4.78 is 20.6. The van der Waals surface area contributed by atoms with Crippen LogP contribution in [0, 0.1) is 6.92 Å². The summed E-state index contributed by atoms with van der Waals surface area (Å²) in [5.41, 5.74) is 1.06. The number of hydrogen-bond donors (Lipinski definition) is 0. The fourth-order valence-corrected chi connectivity index (χ4v) is 1.01. The standard InChI is InChI=1S/C7H7O2S.Mg.O/c1-6-2-4-7(5-3-6)10(8)9;;/h2-5H,1H3;;/q-1;+2;-2. The molecule has 1 rings (SSSR count). The molecule has 0 saturated carbocycles. The fraction of sp³-hybridized carbons (Fsp3) is 0.143. The Morgan fingerprint density at radius 2 is 1.50 bits per heavy atom. The van der Waals surface area contributed by atoms with Crippen molar-refractivity contribution >= 4 is 33.8 Å². The largest absolute Gasteiger partial charge is 2.00 e. The van der Waals surface area contributed by atoms with Gasteiger partial charge in [-0.15, -0.1) is 0 Å². The number of aryl methyl sites for hydroxylation is 1. The van der Waals surface area contributed by atoms with Gasteiger partial charge in [-0.05, 0) is 17.6 Å². The maximum Gasteiger partial charge on any atom is 2.00 e. The van der Waals surface area contributed by atoms with Crippen LogP contribution in [0.4, 0.5) is 0 Å². The minimum Gasteiger partial charge on any atom is -2.00 e. The van der Waals surface area contributed by atoms with Crippen LogP contribution in [-0.4, -0.2) is 23.1 Å². The third-order valence-electron chi connectivity index (χ3n) is 1.21. The van der Waals surface area contributed by atoms with Crippen LogP contribution in [0.3, 0.4) is 0 Å². The maximum atomic E-state index is 10.3. The zero-order valence-corrected chi connectivity index (χ0v) is 8.88. The summed E-state index contributed by atoms with van der Waals surface area (Å²) in [5.74, 6) is 0. The van der Waals surface area contributed by atoms with Gasteiger partial charge in [0.25, 0.3) is 0 Å². The van der Waals surface area contributed by atoms with Gasteiger partial charge in [0, 0.05) is 0 Å². The molecule has 0 aliphatic carbocycles. The Kier molecular flexibility index (Phi) is 7.71. The van der Waals surface area contributed by atoms with E-state index in [9.17, 15) is 8.42 Å².